The Morgan fingerprint density at radius 1 is 1.31 bits per heavy atom. The van der Waals surface area contributed by atoms with E-state index in [2.05, 4.69) is 22.5 Å². The number of carbonyl (C=O) groups excluding carboxylic acids is 2. The first kappa shape index (κ1) is 18.7. The summed E-state index contributed by atoms with van der Waals surface area (Å²) in [6.45, 7) is 3.81. The number of nitrogens with one attached hydrogen (secondary N) is 2. The molecule has 1 aliphatic rings. The number of rotatable bonds is 4. The molecule has 3 amide bonds. The predicted molar refractivity (Wildman–Crippen MR) is 105 cm³/mol. The van der Waals surface area contributed by atoms with Crippen molar-refractivity contribution in [1.82, 2.24) is 9.88 Å². The van der Waals surface area contributed by atoms with Crippen LogP contribution in [0.2, 0.25) is 5.02 Å². The Kier molecular flexibility index (Phi) is 6.11. The van der Waals surface area contributed by atoms with E-state index in [1.165, 1.54) is 17.8 Å². The third kappa shape index (κ3) is 5.19. The molecule has 138 valence electrons. The van der Waals surface area contributed by atoms with E-state index in [4.69, 9.17) is 11.6 Å². The Bertz CT molecular complexity index is 778. The lowest BCUT2D eigenvalue weighted by molar-refractivity contribution is -0.132. The molecular weight excluding hydrogens is 372 g/mol. The van der Waals surface area contributed by atoms with E-state index in [-0.39, 0.29) is 18.4 Å². The quantitative estimate of drug-likeness (QED) is 0.817. The molecule has 0 saturated carbocycles. The van der Waals surface area contributed by atoms with Gasteiger partial charge in [-0.3, -0.25) is 10.1 Å². The second-order valence-corrected chi connectivity index (χ2v) is 7.79. The van der Waals surface area contributed by atoms with E-state index in [0.29, 0.717) is 27.5 Å². The fraction of sp³-hybridized carbons (Fsp3) is 0.389. The summed E-state index contributed by atoms with van der Waals surface area (Å²) < 4.78 is 0. The van der Waals surface area contributed by atoms with Crippen LogP contribution < -0.4 is 10.6 Å². The van der Waals surface area contributed by atoms with E-state index in [1.807, 2.05) is 10.3 Å². The fourth-order valence-electron chi connectivity index (χ4n) is 2.92. The Morgan fingerprint density at radius 3 is 2.81 bits per heavy atom. The Morgan fingerprint density at radius 2 is 2.08 bits per heavy atom. The zero-order valence-electron chi connectivity index (χ0n) is 14.5. The van der Waals surface area contributed by atoms with E-state index >= 15 is 0 Å². The van der Waals surface area contributed by atoms with Crippen molar-refractivity contribution in [2.45, 2.75) is 26.2 Å². The smallest absolute Gasteiger partial charge is 0.325 e. The lowest BCUT2D eigenvalue weighted by Crippen LogP contribution is -2.39. The SMILES string of the molecule is CC1CCCN(C(=O)Cc2csc(NC(=O)Nc3ccc(Cl)cc3)n2)C1. The molecule has 2 heterocycles. The van der Waals surface area contributed by atoms with Crippen molar-refractivity contribution >= 4 is 45.7 Å². The zero-order chi connectivity index (χ0) is 18.5. The molecule has 1 aromatic heterocycles. The maximum absolute atomic E-state index is 12.4. The second kappa shape index (κ2) is 8.51. The maximum Gasteiger partial charge on any atom is 0.325 e. The first-order valence-corrected chi connectivity index (χ1v) is 9.81. The van der Waals surface area contributed by atoms with Crippen LogP contribution in [-0.4, -0.2) is 34.9 Å². The van der Waals surface area contributed by atoms with Gasteiger partial charge in [0.15, 0.2) is 5.13 Å². The van der Waals surface area contributed by atoms with Gasteiger partial charge in [0, 0.05) is 29.2 Å². The monoisotopic (exact) mass is 392 g/mol. The van der Waals surface area contributed by atoms with Gasteiger partial charge in [0.05, 0.1) is 12.1 Å². The topological polar surface area (TPSA) is 74.3 Å². The van der Waals surface area contributed by atoms with E-state index in [0.717, 1.165) is 19.5 Å². The third-order valence-corrected chi connectivity index (χ3v) is 5.27. The molecule has 0 aliphatic carbocycles. The minimum atomic E-state index is -0.385. The molecule has 6 nitrogen and oxygen atoms in total. The second-order valence-electron chi connectivity index (χ2n) is 6.49. The largest absolute Gasteiger partial charge is 0.342 e. The van der Waals surface area contributed by atoms with Crippen molar-refractivity contribution in [3.63, 3.8) is 0 Å². The number of hydrogen-bond acceptors (Lipinski definition) is 4. The lowest BCUT2D eigenvalue weighted by Gasteiger charge is -2.30. The van der Waals surface area contributed by atoms with Crippen molar-refractivity contribution in [3.05, 3.63) is 40.4 Å². The molecule has 0 spiro atoms. The summed E-state index contributed by atoms with van der Waals surface area (Å²) in [5.41, 5.74) is 1.32. The molecule has 2 aromatic rings. The van der Waals surface area contributed by atoms with Crippen molar-refractivity contribution in [2.75, 3.05) is 23.7 Å². The van der Waals surface area contributed by atoms with Crippen LogP contribution in [0.4, 0.5) is 15.6 Å². The molecule has 2 N–H and O–H groups in total. The minimum Gasteiger partial charge on any atom is -0.342 e. The number of thiazole rings is 1. The molecule has 3 rings (SSSR count). The summed E-state index contributed by atoms with van der Waals surface area (Å²) in [5.74, 6) is 0.649. The molecule has 1 aliphatic heterocycles. The number of piperidine rings is 1. The van der Waals surface area contributed by atoms with Crippen LogP contribution in [-0.2, 0) is 11.2 Å². The van der Waals surface area contributed by atoms with Gasteiger partial charge >= 0.3 is 6.03 Å². The van der Waals surface area contributed by atoms with Crippen LogP contribution in [0, 0.1) is 5.92 Å². The van der Waals surface area contributed by atoms with Gasteiger partial charge in [-0.15, -0.1) is 11.3 Å². The third-order valence-electron chi connectivity index (χ3n) is 4.22. The van der Waals surface area contributed by atoms with E-state index in [1.54, 1.807) is 24.3 Å². The fourth-order valence-corrected chi connectivity index (χ4v) is 3.75. The molecule has 0 bridgehead atoms. The normalized spacial score (nSPS) is 17.0. The van der Waals surface area contributed by atoms with Gasteiger partial charge < -0.3 is 10.2 Å². The summed E-state index contributed by atoms with van der Waals surface area (Å²) in [5, 5.41) is 8.27. The Labute approximate surface area is 161 Å². The number of halogens is 1. The van der Waals surface area contributed by atoms with Gasteiger partial charge in [-0.05, 0) is 43.0 Å². The van der Waals surface area contributed by atoms with Gasteiger partial charge in [-0.2, -0.15) is 0 Å². The van der Waals surface area contributed by atoms with Gasteiger partial charge in [0.2, 0.25) is 5.91 Å². The Hall–Kier alpha value is -2.12. The molecule has 8 heteroatoms. The Balaban J connectivity index is 1.51. The van der Waals surface area contributed by atoms with Gasteiger partial charge in [0.25, 0.3) is 0 Å². The number of anilines is 2. The van der Waals surface area contributed by atoms with Crippen LogP contribution in [0.3, 0.4) is 0 Å². The first-order valence-electron chi connectivity index (χ1n) is 8.55. The first-order chi connectivity index (χ1) is 12.5. The summed E-state index contributed by atoms with van der Waals surface area (Å²) in [6, 6.07) is 6.45. The van der Waals surface area contributed by atoms with Gasteiger partial charge in [-0.1, -0.05) is 18.5 Å². The van der Waals surface area contributed by atoms with Crippen LogP contribution in [0.5, 0.6) is 0 Å². The molecular formula is C18H21ClN4O2S. The molecule has 1 fully saturated rings. The molecule has 26 heavy (non-hydrogen) atoms. The summed E-state index contributed by atoms with van der Waals surface area (Å²) in [6.07, 6.45) is 2.50. The van der Waals surface area contributed by atoms with Crippen molar-refractivity contribution < 1.29 is 9.59 Å². The molecule has 1 atom stereocenters. The van der Waals surface area contributed by atoms with Gasteiger partial charge in [-0.25, -0.2) is 9.78 Å². The number of nitrogens with zero attached hydrogens (tertiary/aromatic N) is 2. The van der Waals surface area contributed by atoms with E-state index < -0.39 is 0 Å². The number of hydrogen-bond donors (Lipinski definition) is 2. The summed E-state index contributed by atoms with van der Waals surface area (Å²) in [4.78, 5) is 30.7. The number of urea groups is 1. The van der Waals surface area contributed by atoms with Crippen molar-refractivity contribution in [2.24, 2.45) is 5.92 Å². The highest BCUT2D eigenvalue weighted by Crippen LogP contribution is 2.20. The standard InChI is InChI=1S/C18H21ClN4O2S/c1-12-3-2-8-23(10-12)16(24)9-15-11-26-18(21-15)22-17(25)20-14-6-4-13(19)5-7-14/h4-7,11-12H,2-3,8-10H2,1H3,(H2,20,21,22,25). The number of carbonyl (C=O) groups is 2. The van der Waals surface area contributed by atoms with E-state index in [9.17, 15) is 9.59 Å². The predicted octanol–water partition coefficient (Wildman–Crippen LogP) is 4.24. The summed E-state index contributed by atoms with van der Waals surface area (Å²) in [7, 11) is 0. The number of aromatic nitrogens is 1. The molecule has 1 unspecified atom stereocenters. The zero-order valence-corrected chi connectivity index (χ0v) is 16.1. The van der Waals surface area contributed by atoms with Crippen molar-refractivity contribution in [3.8, 4) is 0 Å². The lowest BCUT2D eigenvalue weighted by atomic mass is 10.00. The number of amides is 3. The number of likely N-dealkylation sites (tertiary alicyclic amines) is 1. The maximum atomic E-state index is 12.4. The average molecular weight is 393 g/mol. The average Bonchev–Trinajstić information content (AvgIpc) is 3.03. The van der Waals surface area contributed by atoms with Crippen LogP contribution >= 0.6 is 22.9 Å². The van der Waals surface area contributed by atoms with Crippen LogP contribution in [0.15, 0.2) is 29.6 Å². The summed E-state index contributed by atoms with van der Waals surface area (Å²) >= 11 is 7.12. The van der Waals surface area contributed by atoms with Crippen LogP contribution in [0.1, 0.15) is 25.5 Å². The highest BCUT2D eigenvalue weighted by Gasteiger charge is 2.21. The highest BCUT2D eigenvalue weighted by atomic mass is 35.5. The highest BCUT2D eigenvalue weighted by molar-refractivity contribution is 7.14. The molecule has 0 radical (unpaired) electrons. The van der Waals surface area contributed by atoms with Gasteiger partial charge in [0.1, 0.15) is 0 Å². The molecule has 1 aromatic carbocycles. The molecule has 1 saturated heterocycles. The minimum absolute atomic E-state index is 0.0963. The van der Waals surface area contributed by atoms with Crippen molar-refractivity contribution in [1.29, 1.82) is 0 Å². The number of benzene rings is 1. The van der Waals surface area contributed by atoms with Crippen LogP contribution in [0.25, 0.3) is 0 Å².